The number of carbonyl (C=O) groups excluding carboxylic acids is 1. The summed E-state index contributed by atoms with van der Waals surface area (Å²) in [5.41, 5.74) is 3.55. The number of hydrogen-bond donors (Lipinski definition) is 0. The molecular weight excluding hydrogens is 468 g/mol. The van der Waals surface area contributed by atoms with Crippen LogP contribution in [-0.2, 0) is 9.53 Å². The van der Waals surface area contributed by atoms with Crippen LogP contribution in [0.2, 0.25) is 0 Å². The summed E-state index contributed by atoms with van der Waals surface area (Å²) in [7, 11) is 0. The fourth-order valence-electron chi connectivity index (χ4n) is 3.38. The Morgan fingerprint density at radius 1 is 1.21 bits per heavy atom. The zero-order valence-electron chi connectivity index (χ0n) is 18.3. The highest BCUT2D eigenvalue weighted by molar-refractivity contribution is 8.19. The van der Waals surface area contributed by atoms with Crippen LogP contribution < -0.4 is 5.01 Å². The van der Waals surface area contributed by atoms with Crippen molar-refractivity contribution >= 4 is 56.3 Å². The van der Waals surface area contributed by atoms with Crippen molar-refractivity contribution in [2.45, 2.75) is 13.8 Å². The molecule has 1 aliphatic heterocycles. The molecule has 3 heterocycles. The van der Waals surface area contributed by atoms with E-state index in [2.05, 4.69) is 16.2 Å². The van der Waals surface area contributed by atoms with Crippen LogP contribution in [-0.4, -0.2) is 22.6 Å². The van der Waals surface area contributed by atoms with Crippen LogP contribution in [0.15, 0.2) is 74.5 Å². The number of hydrogen-bond acceptors (Lipinski definition) is 9. The zero-order chi connectivity index (χ0) is 23.7. The van der Waals surface area contributed by atoms with Gasteiger partial charge in [-0.25, -0.2) is 14.8 Å². The molecule has 0 bridgehead atoms. The number of aryl methyl sites for hydroxylation is 1. The van der Waals surface area contributed by atoms with E-state index in [0.717, 1.165) is 34.0 Å². The van der Waals surface area contributed by atoms with Crippen LogP contribution in [0.25, 0.3) is 28.0 Å². The number of aromatic nitrogens is 1. The van der Waals surface area contributed by atoms with Crippen molar-refractivity contribution in [2.24, 2.45) is 5.10 Å². The van der Waals surface area contributed by atoms with Crippen molar-refractivity contribution in [3.8, 4) is 17.5 Å². The third-order valence-corrected chi connectivity index (χ3v) is 6.90. The molecule has 7 nitrogen and oxygen atoms in total. The fraction of sp³-hybridized carbons (Fsp3) is 0.120. The van der Waals surface area contributed by atoms with Crippen molar-refractivity contribution in [2.75, 3.05) is 11.6 Å². The molecule has 0 unspecified atom stereocenters. The zero-order valence-corrected chi connectivity index (χ0v) is 19.9. The first-order chi connectivity index (χ1) is 16.6. The number of furan rings is 1. The first kappa shape index (κ1) is 21.9. The Morgan fingerprint density at radius 2 is 2.00 bits per heavy atom. The van der Waals surface area contributed by atoms with E-state index in [4.69, 9.17) is 9.15 Å². The van der Waals surface area contributed by atoms with Crippen molar-refractivity contribution in [3.63, 3.8) is 0 Å². The lowest BCUT2D eigenvalue weighted by atomic mass is 10.2. The van der Waals surface area contributed by atoms with Crippen molar-refractivity contribution in [1.82, 2.24) is 4.98 Å². The van der Waals surface area contributed by atoms with E-state index in [9.17, 15) is 10.1 Å². The molecule has 1 aliphatic rings. The first-order valence-corrected chi connectivity index (χ1v) is 12.2. The molecule has 2 aromatic heterocycles. The van der Waals surface area contributed by atoms with Gasteiger partial charge in [0.25, 0.3) is 0 Å². The van der Waals surface area contributed by atoms with Crippen LogP contribution in [0.4, 0.5) is 5.69 Å². The molecule has 0 saturated carbocycles. The highest BCUT2D eigenvalue weighted by Crippen LogP contribution is 2.41. The summed E-state index contributed by atoms with van der Waals surface area (Å²) in [6.45, 7) is 3.96. The summed E-state index contributed by atoms with van der Waals surface area (Å²) < 4.78 is 11.1. The predicted molar refractivity (Wildman–Crippen MR) is 135 cm³/mol. The van der Waals surface area contributed by atoms with Gasteiger partial charge in [-0.3, -0.25) is 0 Å². The third-order valence-electron chi connectivity index (χ3n) is 5.03. The van der Waals surface area contributed by atoms with Gasteiger partial charge >= 0.3 is 5.97 Å². The first-order valence-electron chi connectivity index (χ1n) is 10.5. The van der Waals surface area contributed by atoms with E-state index in [-0.39, 0.29) is 11.7 Å². The molecule has 0 amide bonds. The summed E-state index contributed by atoms with van der Waals surface area (Å²) >= 11 is 2.44. The van der Waals surface area contributed by atoms with E-state index in [0.29, 0.717) is 27.1 Å². The molecule has 168 valence electrons. The largest absolute Gasteiger partial charge is 0.461 e. The maximum absolute atomic E-state index is 12.4. The second-order valence-corrected chi connectivity index (χ2v) is 9.19. The van der Waals surface area contributed by atoms with Crippen molar-refractivity contribution < 1.29 is 13.9 Å². The molecule has 0 aliphatic carbocycles. The molecule has 0 fully saturated rings. The molecule has 0 spiro atoms. The molecule has 0 radical (unpaired) electrons. The lowest BCUT2D eigenvalue weighted by molar-refractivity contribution is -0.134. The number of nitriles is 1. The van der Waals surface area contributed by atoms with Gasteiger partial charge in [-0.2, -0.15) is 10.4 Å². The SMILES string of the molecule is CCOC(=O)C1=NN(c2ccc(C)cc2)/C(=C(/C#N)c2nc(-c3cc4ccccc4o3)cs2)S1. The Bertz CT molecular complexity index is 1460. The standard InChI is InChI=1S/C25H18N4O3S2/c1-3-31-25(30)23-28-29(17-10-8-15(2)9-11-17)24(34-23)18(13-26)22-27-19(14-33-22)21-12-16-6-4-5-7-20(16)32-21/h4-12,14H,3H2,1-2H3/b24-18+. The number of anilines is 1. The van der Waals surface area contributed by atoms with Crippen LogP contribution in [0.5, 0.6) is 0 Å². The summed E-state index contributed by atoms with van der Waals surface area (Å²) in [5, 5.41) is 20.2. The van der Waals surface area contributed by atoms with E-state index in [1.165, 1.54) is 11.3 Å². The number of rotatable bonds is 5. The normalized spacial score (nSPS) is 14.7. The Labute approximate surface area is 204 Å². The Hall–Kier alpha value is -3.87. The second-order valence-electron chi connectivity index (χ2n) is 7.35. The lowest BCUT2D eigenvalue weighted by Gasteiger charge is -2.16. The van der Waals surface area contributed by atoms with Gasteiger partial charge in [-0.1, -0.05) is 35.9 Å². The Morgan fingerprint density at radius 3 is 2.74 bits per heavy atom. The second kappa shape index (κ2) is 9.17. The van der Waals surface area contributed by atoms with Gasteiger partial charge < -0.3 is 9.15 Å². The average molecular weight is 487 g/mol. The molecule has 2 aromatic carbocycles. The van der Waals surface area contributed by atoms with Gasteiger partial charge in [0.15, 0.2) is 5.76 Å². The van der Waals surface area contributed by atoms with Crippen LogP contribution in [0.3, 0.4) is 0 Å². The number of nitrogens with zero attached hydrogens (tertiary/aromatic N) is 4. The number of allylic oxidation sites excluding steroid dienone is 1. The van der Waals surface area contributed by atoms with Crippen LogP contribution in [0.1, 0.15) is 17.5 Å². The predicted octanol–water partition coefficient (Wildman–Crippen LogP) is 6.19. The highest BCUT2D eigenvalue weighted by atomic mass is 32.2. The molecule has 4 aromatic rings. The average Bonchev–Trinajstić information content (AvgIpc) is 3.59. The number of esters is 1. The third kappa shape index (κ3) is 4.09. The van der Waals surface area contributed by atoms with Gasteiger partial charge in [-0.15, -0.1) is 11.3 Å². The van der Waals surface area contributed by atoms with Gasteiger partial charge in [0.1, 0.15) is 33.0 Å². The number of fused-ring (bicyclic) bond motifs is 1. The van der Waals surface area contributed by atoms with Crippen molar-refractivity contribution in [1.29, 1.82) is 5.26 Å². The minimum Gasteiger partial charge on any atom is -0.461 e. The van der Waals surface area contributed by atoms with Gasteiger partial charge in [0, 0.05) is 10.8 Å². The molecule has 34 heavy (non-hydrogen) atoms. The topological polar surface area (TPSA) is 91.7 Å². The van der Waals surface area contributed by atoms with Crippen LogP contribution in [0, 0.1) is 18.3 Å². The number of thioether (sulfide) groups is 1. The number of carbonyl (C=O) groups is 1. The fourth-order valence-corrected chi connectivity index (χ4v) is 5.17. The van der Waals surface area contributed by atoms with Gasteiger partial charge in [0.2, 0.25) is 5.04 Å². The molecule has 0 saturated heterocycles. The molecule has 5 rings (SSSR count). The summed E-state index contributed by atoms with van der Waals surface area (Å²) in [5.74, 6) is 0.0999. The summed E-state index contributed by atoms with van der Waals surface area (Å²) in [6.07, 6.45) is 0. The molecule has 0 N–H and O–H groups in total. The molecule has 9 heteroatoms. The molecule has 0 atom stereocenters. The lowest BCUT2D eigenvalue weighted by Crippen LogP contribution is -2.13. The Kier molecular flexibility index (Phi) is 5.92. The smallest absolute Gasteiger partial charge is 0.365 e. The maximum Gasteiger partial charge on any atom is 0.365 e. The Balaban J connectivity index is 1.56. The van der Waals surface area contributed by atoms with Crippen molar-refractivity contribution in [3.05, 3.63) is 75.6 Å². The highest BCUT2D eigenvalue weighted by Gasteiger charge is 2.32. The summed E-state index contributed by atoms with van der Waals surface area (Å²) in [6, 6.07) is 19.6. The number of para-hydroxylation sites is 1. The monoisotopic (exact) mass is 486 g/mol. The van der Waals surface area contributed by atoms with Crippen LogP contribution >= 0.6 is 23.1 Å². The van der Waals surface area contributed by atoms with E-state index >= 15 is 0 Å². The van der Waals surface area contributed by atoms with Gasteiger partial charge in [0.05, 0.1) is 12.3 Å². The van der Waals surface area contributed by atoms with Gasteiger partial charge in [-0.05, 0) is 49.9 Å². The number of thiazole rings is 1. The van der Waals surface area contributed by atoms with E-state index in [1.54, 1.807) is 11.9 Å². The maximum atomic E-state index is 12.4. The minimum atomic E-state index is -0.529. The quantitative estimate of drug-likeness (QED) is 0.245. The number of ether oxygens (including phenoxy) is 1. The molecular formula is C25H18N4O3S2. The number of hydrazone groups is 1. The van der Waals surface area contributed by atoms with E-state index < -0.39 is 5.97 Å². The minimum absolute atomic E-state index is 0.166. The number of benzene rings is 2. The van der Waals surface area contributed by atoms with E-state index in [1.807, 2.05) is 66.9 Å². The summed E-state index contributed by atoms with van der Waals surface area (Å²) in [4.78, 5) is 17.1.